The van der Waals surface area contributed by atoms with Crippen molar-refractivity contribution in [3.05, 3.63) is 94.9 Å². The van der Waals surface area contributed by atoms with Crippen molar-refractivity contribution >= 4 is 22.9 Å². The third-order valence-corrected chi connectivity index (χ3v) is 6.75. The van der Waals surface area contributed by atoms with Crippen LogP contribution in [0.2, 0.25) is 0 Å². The van der Waals surface area contributed by atoms with Crippen LogP contribution in [-0.4, -0.2) is 39.3 Å². The summed E-state index contributed by atoms with van der Waals surface area (Å²) in [4.78, 5) is 17.5. The quantitative estimate of drug-likeness (QED) is 0.306. The van der Waals surface area contributed by atoms with Crippen molar-refractivity contribution in [2.45, 2.75) is 31.8 Å². The van der Waals surface area contributed by atoms with Crippen molar-refractivity contribution in [2.75, 3.05) is 13.7 Å². The van der Waals surface area contributed by atoms with E-state index in [-0.39, 0.29) is 5.97 Å². The molecule has 0 bridgehead atoms. The van der Waals surface area contributed by atoms with E-state index >= 15 is 0 Å². The lowest BCUT2D eigenvalue weighted by Gasteiger charge is -2.29. The number of carbonyl (C=O) groups is 1. The second-order valence-corrected chi connectivity index (χ2v) is 8.97. The molecule has 1 aliphatic carbocycles. The van der Waals surface area contributed by atoms with Gasteiger partial charge in [-0.25, -0.2) is 4.79 Å². The van der Waals surface area contributed by atoms with E-state index in [9.17, 15) is 4.79 Å². The number of fused-ring (bicyclic) bond motifs is 2. The second-order valence-electron chi connectivity index (χ2n) is 8.97. The molecular weight excluding hydrogens is 424 g/mol. The molecule has 1 unspecified atom stereocenters. The first kappa shape index (κ1) is 22.2. The molecule has 0 aliphatic heterocycles. The molecule has 0 amide bonds. The van der Waals surface area contributed by atoms with E-state index in [0.29, 0.717) is 6.04 Å². The van der Waals surface area contributed by atoms with E-state index in [1.165, 1.54) is 46.3 Å². The van der Waals surface area contributed by atoms with Gasteiger partial charge in [-0.15, -0.1) is 0 Å². The summed E-state index contributed by atoms with van der Waals surface area (Å²) in [5.74, 6) is -0.335. The SMILES string of the molecule is COC(=O)C=Cc1ccc2c(c1)CCC2N(CCc1c[nH]c2ccccc12)Cc1cnn(C)c1. The van der Waals surface area contributed by atoms with Crippen LogP contribution in [0.4, 0.5) is 0 Å². The zero-order chi connectivity index (χ0) is 23.5. The number of nitrogens with one attached hydrogen (secondary N) is 1. The number of hydrogen-bond donors (Lipinski definition) is 1. The Morgan fingerprint density at radius 2 is 2.18 bits per heavy atom. The molecule has 0 radical (unpaired) electrons. The Balaban J connectivity index is 1.38. The third kappa shape index (κ3) is 4.68. The zero-order valence-corrected chi connectivity index (χ0v) is 19.7. The predicted octanol–water partition coefficient (Wildman–Crippen LogP) is 4.82. The van der Waals surface area contributed by atoms with E-state index in [1.54, 1.807) is 0 Å². The number of aromatic amines is 1. The highest BCUT2D eigenvalue weighted by molar-refractivity contribution is 5.87. The maximum absolute atomic E-state index is 11.5. The molecule has 1 aliphatic rings. The first-order chi connectivity index (χ1) is 16.6. The molecule has 0 spiro atoms. The summed E-state index contributed by atoms with van der Waals surface area (Å²) in [6.07, 6.45) is 12.6. The van der Waals surface area contributed by atoms with Gasteiger partial charge in [0.05, 0.1) is 13.3 Å². The second kappa shape index (κ2) is 9.69. The van der Waals surface area contributed by atoms with Crippen molar-refractivity contribution in [2.24, 2.45) is 7.05 Å². The zero-order valence-electron chi connectivity index (χ0n) is 19.7. The number of hydrogen-bond acceptors (Lipinski definition) is 4. The number of aromatic nitrogens is 3. The fraction of sp³-hybridized carbons (Fsp3) is 0.286. The van der Waals surface area contributed by atoms with Crippen LogP contribution in [0.15, 0.2) is 67.1 Å². The lowest BCUT2D eigenvalue weighted by atomic mass is 10.0. The van der Waals surface area contributed by atoms with Gasteiger partial charge in [0.1, 0.15) is 0 Å². The van der Waals surface area contributed by atoms with Crippen LogP contribution in [0.3, 0.4) is 0 Å². The summed E-state index contributed by atoms with van der Waals surface area (Å²) in [6, 6.07) is 15.4. The van der Waals surface area contributed by atoms with Crippen molar-refractivity contribution in [1.82, 2.24) is 19.7 Å². The van der Waals surface area contributed by atoms with Gasteiger partial charge in [-0.05, 0) is 53.7 Å². The number of aryl methyl sites for hydroxylation is 2. The highest BCUT2D eigenvalue weighted by Crippen LogP contribution is 2.37. The minimum atomic E-state index is -0.335. The van der Waals surface area contributed by atoms with Crippen LogP contribution >= 0.6 is 0 Å². The molecule has 4 aromatic rings. The average molecular weight is 455 g/mol. The van der Waals surface area contributed by atoms with Crippen LogP contribution < -0.4 is 0 Å². The number of ether oxygens (including phenoxy) is 1. The molecule has 6 heteroatoms. The number of rotatable bonds is 8. The van der Waals surface area contributed by atoms with Crippen molar-refractivity contribution in [3.63, 3.8) is 0 Å². The van der Waals surface area contributed by atoms with Crippen LogP contribution in [0.5, 0.6) is 0 Å². The largest absolute Gasteiger partial charge is 0.466 e. The minimum Gasteiger partial charge on any atom is -0.466 e. The molecule has 1 N–H and O–H groups in total. The molecule has 1 atom stereocenters. The number of methoxy groups -OCH3 is 1. The Morgan fingerprint density at radius 3 is 3.00 bits per heavy atom. The highest BCUT2D eigenvalue weighted by atomic mass is 16.5. The van der Waals surface area contributed by atoms with Crippen LogP contribution in [-0.2, 0) is 36.0 Å². The Morgan fingerprint density at radius 1 is 1.29 bits per heavy atom. The summed E-state index contributed by atoms with van der Waals surface area (Å²) >= 11 is 0. The van der Waals surface area contributed by atoms with Gasteiger partial charge in [-0.1, -0.05) is 36.4 Å². The lowest BCUT2D eigenvalue weighted by Crippen LogP contribution is -2.29. The summed E-state index contributed by atoms with van der Waals surface area (Å²) in [5, 5.41) is 5.69. The lowest BCUT2D eigenvalue weighted by molar-refractivity contribution is -0.134. The van der Waals surface area contributed by atoms with Gasteiger partial charge in [0.15, 0.2) is 0 Å². The normalized spacial score (nSPS) is 15.4. The van der Waals surface area contributed by atoms with Gasteiger partial charge in [0, 0.05) is 61.1 Å². The molecule has 2 aromatic heterocycles. The number of esters is 1. The highest BCUT2D eigenvalue weighted by Gasteiger charge is 2.28. The first-order valence-corrected chi connectivity index (χ1v) is 11.8. The van der Waals surface area contributed by atoms with Crippen molar-refractivity contribution in [1.29, 1.82) is 0 Å². The topological polar surface area (TPSA) is 63.1 Å². The maximum Gasteiger partial charge on any atom is 0.330 e. The summed E-state index contributed by atoms with van der Waals surface area (Å²) in [5.41, 5.74) is 7.55. The maximum atomic E-state index is 11.5. The van der Waals surface area contributed by atoms with Gasteiger partial charge in [0.25, 0.3) is 0 Å². The standard InChI is InChI=1S/C28H30N4O2/c1-31-18-21(16-30-31)19-32(14-13-23-17-29-26-6-4-3-5-24(23)26)27-11-9-22-15-20(7-10-25(22)27)8-12-28(33)34-2/h3-8,10,12,15-18,27,29H,9,11,13-14,19H2,1-2H3. The summed E-state index contributed by atoms with van der Waals surface area (Å²) in [6.45, 7) is 1.83. The molecule has 2 aromatic carbocycles. The molecule has 5 rings (SSSR count). The van der Waals surface area contributed by atoms with Crippen LogP contribution in [0, 0.1) is 0 Å². The summed E-state index contributed by atoms with van der Waals surface area (Å²) < 4.78 is 6.58. The van der Waals surface area contributed by atoms with Crippen molar-refractivity contribution in [3.8, 4) is 0 Å². The van der Waals surface area contributed by atoms with Gasteiger partial charge < -0.3 is 9.72 Å². The van der Waals surface area contributed by atoms with E-state index in [4.69, 9.17) is 4.74 Å². The molecule has 6 nitrogen and oxygen atoms in total. The minimum absolute atomic E-state index is 0.335. The van der Waals surface area contributed by atoms with Gasteiger partial charge >= 0.3 is 5.97 Å². The monoisotopic (exact) mass is 454 g/mol. The van der Waals surface area contributed by atoms with Crippen LogP contribution in [0.25, 0.3) is 17.0 Å². The fourth-order valence-electron chi connectivity index (χ4n) is 5.07. The van der Waals surface area contributed by atoms with Crippen LogP contribution in [0.1, 0.15) is 40.3 Å². The van der Waals surface area contributed by atoms with E-state index in [0.717, 1.165) is 37.9 Å². The Labute approximate surface area is 199 Å². The molecule has 0 saturated heterocycles. The van der Waals surface area contributed by atoms with Gasteiger partial charge in [0.2, 0.25) is 0 Å². The number of benzene rings is 2. The Hall–Kier alpha value is -3.64. The summed E-state index contributed by atoms with van der Waals surface area (Å²) in [7, 11) is 3.36. The first-order valence-electron chi connectivity index (χ1n) is 11.8. The molecule has 0 saturated carbocycles. The molecule has 2 heterocycles. The smallest absolute Gasteiger partial charge is 0.330 e. The Kier molecular flexibility index (Phi) is 6.32. The molecular formula is C28H30N4O2. The van der Waals surface area contributed by atoms with E-state index in [2.05, 4.69) is 69.8 Å². The van der Waals surface area contributed by atoms with E-state index in [1.807, 2.05) is 24.0 Å². The third-order valence-electron chi connectivity index (χ3n) is 6.75. The van der Waals surface area contributed by atoms with Gasteiger partial charge in [-0.2, -0.15) is 5.10 Å². The predicted molar refractivity (Wildman–Crippen MR) is 134 cm³/mol. The number of carbonyl (C=O) groups excluding carboxylic acids is 1. The Bertz CT molecular complexity index is 1330. The number of H-pyrrole nitrogens is 1. The van der Waals surface area contributed by atoms with Crippen molar-refractivity contribution < 1.29 is 9.53 Å². The van der Waals surface area contributed by atoms with Gasteiger partial charge in [-0.3, -0.25) is 9.58 Å². The molecule has 0 fully saturated rings. The number of para-hydroxylation sites is 1. The molecule has 34 heavy (non-hydrogen) atoms. The number of nitrogens with zero attached hydrogens (tertiary/aromatic N) is 3. The van der Waals surface area contributed by atoms with E-state index < -0.39 is 0 Å². The fourth-order valence-corrected chi connectivity index (χ4v) is 5.07. The molecule has 174 valence electrons. The average Bonchev–Trinajstić information content (AvgIpc) is 3.58.